The van der Waals surface area contributed by atoms with Crippen LogP contribution in [0.2, 0.25) is 0 Å². The molecule has 1 aromatic carbocycles. The molecule has 0 aliphatic carbocycles. The highest BCUT2D eigenvalue weighted by molar-refractivity contribution is 7.80. The van der Waals surface area contributed by atoms with Gasteiger partial charge in [-0.3, -0.25) is 4.98 Å². The van der Waals surface area contributed by atoms with E-state index in [1.807, 2.05) is 19.3 Å². The molecule has 1 aliphatic rings. The van der Waals surface area contributed by atoms with Crippen molar-refractivity contribution in [2.75, 3.05) is 31.3 Å². The number of aryl methyl sites for hydroxylation is 3. The first-order valence-corrected chi connectivity index (χ1v) is 10.9. The van der Waals surface area contributed by atoms with Gasteiger partial charge in [-0.05, 0) is 71.1 Å². The lowest BCUT2D eigenvalue weighted by Crippen LogP contribution is -2.13. The van der Waals surface area contributed by atoms with Gasteiger partial charge in [-0.15, -0.1) is 0 Å². The van der Waals surface area contributed by atoms with Gasteiger partial charge in [0.1, 0.15) is 0 Å². The standard InChI is InChI=1S/C24H28N6S/c1-15-7-8-20-19(10-15)23-18(12-22(31)27-20)14-26-24(29-23)28-21-11-17(13-25-16(21)2)6-5-9-30(3)4/h7-8,10-11,13-14H,5-6,9,12H2,1-4H3,(H,27,31)(H,26,28,29). The Bertz CT molecular complexity index is 1130. The number of thiocarbonyl (C=S) groups is 1. The van der Waals surface area contributed by atoms with Gasteiger partial charge >= 0.3 is 0 Å². The fraction of sp³-hybridized carbons (Fsp3) is 0.333. The minimum Gasteiger partial charge on any atom is -0.349 e. The number of benzene rings is 1. The van der Waals surface area contributed by atoms with E-state index in [-0.39, 0.29) is 0 Å². The summed E-state index contributed by atoms with van der Waals surface area (Å²) >= 11 is 5.50. The van der Waals surface area contributed by atoms with Crippen molar-refractivity contribution in [1.29, 1.82) is 0 Å². The Hall–Kier alpha value is -2.90. The van der Waals surface area contributed by atoms with Gasteiger partial charge in [-0.2, -0.15) is 0 Å². The molecule has 2 N–H and O–H groups in total. The number of fused-ring (bicyclic) bond motifs is 3. The number of anilines is 3. The molecular formula is C24H28N6S. The molecule has 0 unspecified atom stereocenters. The molecule has 3 heterocycles. The van der Waals surface area contributed by atoms with E-state index in [9.17, 15) is 0 Å². The van der Waals surface area contributed by atoms with E-state index in [1.54, 1.807) is 0 Å². The molecule has 7 heteroatoms. The van der Waals surface area contributed by atoms with Gasteiger partial charge in [0.2, 0.25) is 5.95 Å². The largest absolute Gasteiger partial charge is 0.349 e. The van der Waals surface area contributed by atoms with Crippen molar-refractivity contribution in [3.8, 4) is 11.3 Å². The summed E-state index contributed by atoms with van der Waals surface area (Å²) < 4.78 is 0. The summed E-state index contributed by atoms with van der Waals surface area (Å²) in [7, 11) is 4.19. The molecule has 0 saturated carbocycles. The number of pyridine rings is 1. The van der Waals surface area contributed by atoms with E-state index in [0.717, 1.165) is 58.3 Å². The number of nitrogens with zero attached hydrogens (tertiary/aromatic N) is 4. The third-order valence-corrected chi connectivity index (χ3v) is 5.63. The van der Waals surface area contributed by atoms with Gasteiger partial charge in [0.15, 0.2) is 0 Å². The van der Waals surface area contributed by atoms with Crippen LogP contribution in [0.3, 0.4) is 0 Å². The predicted molar refractivity (Wildman–Crippen MR) is 131 cm³/mol. The van der Waals surface area contributed by atoms with E-state index in [0.29, 0.717) is 12.4 Å². The third-order valence-electron chi connectivity index (χ3n) is 5.38. The second-order valence-electron chi connectivity index (χ2n) is 8.35. The van der Waals surface area contributed by atoms with Crippen molar-refractivity contribution in [3.63, 3.8) is 0 Å². The number of hydrogen-bond donors (Lipinski definition) is 2. The van der Waals surface area contributed by atoms with Crippen molar-refractivity contribution in [2.45, 2.75) is 33.1 Å². The van der Waals surface area contributed by atoms with Gasteiger partial charge in [0.05, 0.1) is 22.1 Å². The Labute approximate surface area is 189 Å². The Kier molecular flexibility index (Phi) is 6.25. The summed E-state index contributed by atoms with van der Waals surface area (Å²) in [5.74, 6) is 0.564. The highest BCUT2D eigenvalue weighted by Gasteiger charge is 2.19. The van der Waals surface area contributed by atoms with Gasteiger partial charge in [0.25, 0.3) is 0 Å². The van der Waals surface area contributed by atoms with Crippen molar-refractivity contribution in [1.82, 2.24) is 19.9 Å². The maximum Gasteiger partial charge on any atom is 0.227 e. The van der Waals surface area contributed by atoms with Crippen LogP contribution >= 0.6 is 12.2 Å². The maximum absolute atomic E-state index is 5.50. The molecule has 1 aliphatic heterocycles. The monoisotopic (exact) mass is 432 g/mol. The minimum absolute atomic E-state index is 0.564. The van der Waals surface area contributed by atoms with Crippen LogP contribution in [0, 0.1) is 13.8 Å². The van der Waals surface area contributed by atoms with Gasteiger partial charge in [-0.1, -0.05) is 23.8 Å². The molecule has 0 fully saturated rings. The van der Waals surface area contributed by atoms with Gasteiger partial charge in [-0.25, -0.2) is 9.97 Å². The fourth-order valence-corrected chi connectivity index (χ4v) is 3.98. The van der Waals surface area contributed by atoms with Crippen LogP contribution < -0.4 is 10.6 Å². The smallest absolute Gasteiger partial charge is 0.227 e. The van der Waals surface area contributed by atoms with E-state index in [2.05, 4.69) is 70.8 Å². The van der Waals surface area contributed by atoms with Crippen LogP contribution in [-0.4, -0.2) is 45.5 Å². The van der Waals surface area contributed by atoms with Crippen molar-refractivity contribution < 1.29 is 0 Å². The number of nitrogens with one attached hydrogen (secondary N) is 2. The predicted octanol–water partition coefficient (Wildman–Crippen LogP) is 4.69. The lowest BCUT2D eigenvalue weighted by atomic mass is 10.0. The van der Waals surface area contributed by atoms with E-state index in [4.69, 9.17) is 17.2 Å². The summed E-state index contributed by atoms with van der Waals surface area (Å²) in [5, 5.41) is 6.73. The van der Waals surface area contributed by atoms with Crippen molar-refractivity contribution in [2.24, 2.45) is 0 Å². The number of rotatable bonds is 6. The molecule has 4 rings (SSSR count). The maximum atomic E-state index is 5.50. The second kappa shape index (κ2) is 9.08. The number of hydrogen-bond acceptors (Lipinski definition) is 6. The Morgan fingerprint density at radius 1 is 1.13 bits per heavy atom. The molecule has 3 aromatic rings. The zero-order valence-corrected chi connectivity index (χ0v) is 19.3. The minimum atomic E-state index is 0.564. The first-order valence-electron chi connectivity index (χ1n) is 10.5. The Morgan fingerprint density at radius 2 is 1.97 bits per heavy atom. The Balaban J connectivity index is 1.64. The van der Waals surface area contributed by atoms with Gasteiger partial charge < -0.3 is 15.5 Å². The zero-order valence-electron chi connectivity index (χ0n) is 18.5. The lowest BCUT2D eigenvalue weighted by Gasteiger charge is -2.13. The molecule has 160 valence electrons. The van der Waals surface area contributed by atoms with Crippen LogP contribution in [-0.2, 0) is 12.8 Å². The highest BCUT2D eigenvalue weighted by Crippen LogP contribution is 2.34. The Morgan fingerprint density at radius 3 is 2.77 bits per heavy atom. The van der Waals surface area contributed by atoms with E-state index in [1.165, 1.54) is 11.1 Å². The fourth-order valence-electron chi connectivity index (χ4n) is 3.72. The zero-order chi connectivity index (χ0) is 22.0. The van der Waals surface area contributed by atoms with Crippen LogP contribution in [0.15, 0.2) is 36.7 Å². The lowest BCUT2D eigenvalue weighted by molar-refractivity contribution is 0.400. The van der Waals surface area contributed by atoms with Crippen LogP contribution in [0.25, 0.3) is 11.3 Å². The molecule has 0 spiro atoms. The SMILES string of the molecule is Cc1ccc2c(c1)-c1nc(Nc3cc(CCCN(C)C)cnc3C)ncc1CC(=S)N2. The summed E-state index contributed by atoms with van der Waals surface area (Å²) in [4.78, 5) is 17.0. The molecule has 0 saturated heterocycles. The molecular weight excluding hydrogens is 404 g/mol. The normalized spacial score (nSPS) is 12.7. The summed E-state index contributed by atoms with van der Waals surface area (Å²) in [6.45, 7) is 5.13. The summed E-state index contributed by atoms with van der Waals surface area (Å²) in [6.07, 6.45) is 6.54. The molecule has 6 nitrogen and oxygen atoms in total. The molecule has 0 amide bonds. The second-order valence-corrected chi connectivity index (χ2v) is 8.84. The third kappa shape index (κ3) is 5.06. The molecule has 0 atom stereocenters. The van der Waals surface area contributed by atoms with Crippen LogP contribution in [0.5, 0.6) is 0 Å². The first-order chi connectivity index (χ1) is 14.9. The highest BCUT2D eigenvalue weighted by atomic mass is 32.1. The topological polar surface area (TPSA) is 66.0 Å². The quantitative estimate of drug-likeness (QED) is 0.548. The molecule has 31 heavy (non-hydrogen) atoms. The van der Waals surface area contributed by atoms with Crippen LogP contribution in [0.4, 0.5) is 17.3 Å². The molecule has 2 aromatic heterocycles. The number of aromatic nitrogens is 3. The first kappa shape index (κ1) is 21.3. The van der Waals surface area contributed by atoms with E-state index >= 15 is 0 Å². The van der Waals surface area contributed by atoms with Crippen LogP contribution in [0.1, 0.15) is 28.8 Å². The molecule has 0 bridgehead atoms. The summed E-state index contributed by atoms with van der Waals surface area (Å²) in [6, 6.07) is 8.44. The molecule has 0 radical (unpaired) electrons. The average molecular weight is 433 g/mol. The van der Waals surface area contributed by atoms with Crippen molar-refractivity contribution >= 4 is 34.5 Å². The van der Waals surface area contributed by atoms with E-state index < -0.39 is 0 Å². The summed E-state index contributed by atoms with van der Waals surface area (Å²) in [5.41, 5.74) is 8.23. The van der Waals surface area contributed by atoms with Crippen molar-refractivity contribution in [3.05, 3.63) is 59.0 Å². The van der Waals surface area contributed by atoms with Gasteiger partial charge in [0, 0.05) is 35.6 Å². The average Bonchev–Trinajstić information content (AvgIpc) is 2.85.